The molecule has 1 N–H and O–H groups in total. The lowest BCUT2D eigenvalue weighted by molar-refractivity contribution is -0.121. The van der Waals surface area contributed by atoms with E-state index in [0.29, 0.717) is 11.8 Å². The van der Waals surface area contributed by atoms with Gasteiger partial charge in [-0.3, -0.25) is 14.6 Å². The molecule has 2 unspecified atom stereocenters. The number of benzene rings is 1. The molecule has 0 spiro atoms. The van der Waals surface area contributed by atoms with Crippen LogP contribution in [0.5, 0.6) is 0 Å². The van der Waals surface area contributed by atoms with Crippen molar-refractivity contribution in [2.75, 3.05) is 13.1 Å². The number of aliphatic imine (C=N–C) groups is 1. The highest BCUT2D eigenvalue weighted by Crippen LogP contribution is 2.40. The van der Waals surface area contributed by atoms with E-state index in [9.17, 15) is 9.59 Å². The van der Waals surface area contributed by atoms with Gasteiger partial charge in [0.25, 0.3) is 5.91 Å². The highest BCUT2D eigenvalue weighted by molar-refractivity contribution is 8.16. The van der Waals surface area contributed by atoms with Crippen LogP contribution in [0.2, 0.25) is 0 Å². The average molecular weight is 444 g/mol. The van der Waals surface area contributed by atoms with Gasteiger partial charge >= 0.3 is 0 Å². The maximum Gasteiger partial charge on any atom is 0.253 e. The lowest BCUT2D eigenvalue weighted by Gasteiger charge is -2.34. The SMILES string of the molecule is CCC(CC)CC(C)N=C1NC(=O)C(C)(CC2CCN(C(=O)c3ccccc3)CC2)S1. The Morgan fingerprint density at radius 3 is 2.48 bits per heavy atom. The second kappa shape index (κ2) is 10.7. The number of thioether (sulfide) groups is 1. The summed E-state index contributed by atoms with van der Waals surface area (Å²) < 4.78 is -0.469. The topological polar surface area (TPSA) is 61.8 Å². The molecule has 0 saturated carbocycles. The predicted molar refractivity (Wildman–Crippen MR) is 129 cm³/mol. The second-order valence-corrected chi connectivity index (χ2v) is 10.8. The van der Waals surface area contributed by atoms with Gasteiger partial charge in [-0.2, -0.15) is 0 Å². The van der Waals surface area contributed by atoms with Gasteiger partial charge in [0.2, 0.25) is 5.91 Å². The lowest BCUT2D eigenvalue weighted by Crippen LogP contribution is -2.41. The van der Waals surface area contributed by atoms with Crippen molar-refractivity contribution in [3.8, 4) is 0 Å². The fourth-order valence-electron chi connectivity index (χ4n) is 4.72. The Kier molecular flexibility index (Phi) is 8.20. The van der Waals surface area contributed by atoms with E-state index in [2.05, 4.69) is 26.1 Å². The Balaban J connectivity index is 1.52. The van der Waals surface area contributed by atoms with Gasteiger partial charge in [-0.15, -0.1) is 0 Å². The van der Waals surface area contributed by atoms with Gasteiger partial charge in [-0.1, -0.05) is 56.7 Å². The molecule has 0 bridgehead atoms. The molecule has 170 valence electrons. The van der Waals surface area contributed by atoms with Crippen molar-refractivity contribution in [1.82, 2.24) is 10.2 Å². The third-order valence-electron chi connectivity index (χ3n) is 6.79. The van der Waals surface area contributed by atoms with Crippen molar-refractivity contribution in [3.05, 3.63) is 35.9 Å². The van der Waals surface area contributed by atoms with E-state index in [1.807, 2.05) is 42.2 Å². The number of hydrogen-bond acceptors (Lipinski definition) is 4. The number of nitrogens with one attached hydrogen (secondary N) is 1. The third-order valence-corrected chi connectivity index (χ3v) is 7.99. The molecule has 5 nitrogen and oxygen atoms in total. The molecule has 31 heavy (non-hydrogen) atoms. The molecule has 2 heterocycles. The third kappa shape index (κ3) is 6.12. The van der Waals surface area contributed by atoms with Gasteiger partial charge < -0.3 is 10.2 Å². The van der Waals surface area contributed by atoms with Crippen LogP contribution in [-0.4, -0.2) is 45.8 Å². The monoisotopic (exact) mass is 443 g/mol. The normalized spacial score (nSPS) is 24.6. The molecule has 2 fully saturated rings. The van der Waals surface area contributed by atoms with Crippen LogP contribution in [0.15, 0.2) is 35.3 Å². The number of amides is 2. The van der Waals surface area contributed by atoms with Crippen molar-refractivity contribution >= 4 is 28.7 Å². The lowest BCUT2D eigenvalue weighted by atomic mass is 9.87. The zero-order chi connectivity index (χ0) is 22.4. The molecule has 1 aromatic carbocycles. The minimum absolute atomic E-state index is 0.0776. The Labute approximate surface area is 191 Å². The summed E-state index contributed by atoms with van der Waals surface area (Å²) in [5.41, 5.74) is 0.752. The highest BCUT2D eigenvalue weighted by Gasteiger charge is 2.44. The number of nitrogens with zero attached hydrogens (tertiary/aromatic N) is 2. The minimum atomic E-state index is -0.469. The largest absolute Gasteiger partial charge is 0.339 e. The van der Waals surface area contributed by atoms with E-state index in [-0.39, 0.29) is 17.9 Å². The van der Waals surface area contributed by atoms with Crippen LogP contribution in [-0.2, 0) is 4.79 Å². The molecule has 6 heteroatoms. The summed E-state index contributed by atoms with van der Waals surface area (Å²) in [5.74, 6) is 1.33. The standard InChI is InChI=1S/C25H37N3O2S/c1-5-19(6-2)16-18(3)26-24-27-23(30)25(4,31-24)17-20-12-14-28(15-13-20)22(29)21-10-8-7-9-11-21/h7-11,18-20H,5-6,12-17H2,1-4H3,(H,26,27,30). The van der Waals surface area contributed by atoms with Crippen LogP contribution >= 0.6 is 11.8 Å². The first-order valence-corrected chi connectivity index (χ1v) is 12.6. The fraction of sp³-hybridized carbons (Fsp3) is 0.640. The molecule has 2 aliphatic heterocycles. The Bertz CT molecular complexity index is 785. The molecule has 0 aliphatic carbocycles. The highest BCUT2D eigenvalue weighted by atomic mass is 32.2. The summed E-state index contributed by atoms with van der Waals surface area (Å²) in [6.45, 7) is 10.2. The summed E-state index contributed by atoms with van der Waals surface area (Å²) in [4.78, 5) is 32.2. The number of rotatable bonds is 8. The number of piperidine rings is 1. The van der Waals surface area contributed by atoms with E-state index in [1.165, 1.54) is 12.8 Å². The fourth-order valence-corrected chi connectivity index (χ4v) is 5.99. The number of carbonyl (C=O) groups excluding carboxylic acids is 2. The Hall–Kier alpha value is -1.82. The van der Waals surface area contributed by atoms with Gasteiger partial charge in [0, 0.05) is 18.7 Å². The number of carbonyl (C=O) groups is 2. The molecule has 3 rings (SSSR count). The maximum absolute atomic E-state index is 12.8. The summed E-state index contributed by atoms with van der Waals surface area (Å²) in [5, 5.41) is 3.81. The molecule has 2 amide bonds. The molecule has 2 atom stereocenters. The smallest absolute Gasteiger partial charge is 0.253 e. The van der Waals surface area contributed by atoms with Gasteiger partial charge in [0.1, 0.15) is 0 Å². The summed E-state index contributed by atoms with van der Waals surface area (Å²) in [7, 11) is 0. The van der Waals surface area contributed by atoms with E-state index < -0.39 is 4.75 Å². The molecular formula is C25H37N3O2S. The van der Waals surface area contributed by atoms with E-state index in [4.69, 9.17) is 4.99 Å². The molecule has 0 aromatic heterocycles. The molecule has 2 saturated heterocycles. The van der Waals surface area contributed by atoms with Crippen molar-refractivity contribution < 1.29 is 9.59 Å². The van der Waals surface area contributed by atoms with E-state index in [0.717, 1.165) is 49.5 Å². The predicted octanol–water partition coefficient (Wildman–Crippen LogP) is 5.12. The number of likely N-dealkylation sites (tertiary alicyclic amines) is 1. The van der Waals surface area contributed by atoms with Crippen molar-refractivity contribution in [1.29, 1.82) is 0 Å². The van der Waals surface area contributed by atoms with Crippen LogP contribution in [0.25, 0.3) is 0 Å². The minimum Gasteiger partial charge on any atom is -0.339 e. The van der Waals surface area contributed by atoms with Gasteiger partial charge in [-0.25, -0.2) is 0 Å². The number of hydrogen-bond donors (Lipinski definition) is 1. The first-order chi connectivity index (χ1) is 14.8. The molecule has 2 aliphatic rings. The molecule has 1 aromatic rings. The van der Waals surface area contributed by atoms with Crippen molar-refractivity contribution in [3.63, 3.8) is 0 Å². The van der Waals surface area contributed by atoms with Crippen molar-refractivity contribution in [2.45, 2.75) is 77.0 Å². The number of amidine groups is 1. The zero-order valence-electron chi connectivity index (χ0n) is 19.4. The van der Waals surface area contributed by atoms with Gasteiger partial charge in [0.15, 0.2) is 5.17 Å². The van der Waals surface area contributed by atoms with Crippen LogP contribution in [0, 0.1) is 11.8 Å². The summed E-state index contributed by atoms with van der Waals surface area (Å²) in [6.07, 6.45) is 6.14. The molecule has 0 radical (unpaired) electrons. The average Bonchev–Trinajstić information content (AvgIpc) is 3.05. The molecular weight excluding hydrogens is 406 g/mol. The summed E-state index contributed by atoms with van der Waals surface area (Å²) >= 11 is 1.60. The maximum atomic E-state index is 12.8. The van der Waals surface area contributed by atoms with E-state index in [1.54, 1.807) is 11.8 Å². The first kappa shape index (κ1) is 23.8. The zero-order valence-corrected chi connectivity index (χ0v) is 20.2. The Morgan fingerprint density at radius 1 is 1.23 bits per heavy atom. The Morgan fingerprint density at radius 2 is 1.87 bits per heavy atom. The van der Waals surface area contributed by atoms with Gasteiger partial charge in [-0.05, 0) is 63.5 Å². The summed E-state index contributed by atoms with van der Waals surface area (Å²) in [6, 6.07) is 9.71. The van der Waals surface area contributed by atoms with Crippen molar-refractivity contribution in [2.24, 2.45) is 16.8 Å². The van der Waals surface area contributed by atoms with E-state index >= 15 is 0 Å². The van der Waals surface area contributed by atoms with Crippen LogP contribution in [0.3, 0.4) is 0 Å². The van der Waals surface area contributed by atoms with Gasteiger partial charge in [0.05, 0.1) is 10.8 Å². The van der Waals surface area contributed by atoms with Crippen LogP contribution in [0.1, 0.15) is 76.6 Å². The first-order valence-electron chi connectivity index (χ1n) is 11.8. The van der Waals surface area contributed by atoms with Crippen LogP contribution in [0.4, 0.5) is 0 Å². The second-order valence-electron chi connectivity index (χ2n) is 9.29. The quantitative estimate of drug-likeness (QED) is 0.606. The van der Waals surface area contributed by atoms with Crippen LogP contribution < -0.4 is 5.32 Å².